The average Bonchev–Trinajstić information content (AvgIpc) is 2.91. The number of benzene rings is 3. The predicted octanol–water partition coefficient (Wildman–Crippen LogP) is 7.31. The number of ether oxygens (including phenoxy) is 1. The lowest BCUT2D eigenvalue weighted by Gasteiger charge is -2.20. The van der Waals surface area contributed by atoms with Gasteiger partial charge in [0, 0.05) is 11.6 Å². The lowest BCUT2D eigenvalue weighted by Crippen LogP contribution is -2.28. The van der Waals surface area contributed by atoms with Crippen molar-refractivity contribution in [2.45, 2.75) is 44.2 Å². The number of esters is 1. The maximum atomic E-state index is 12.8. The van der Waals surface area contributed by atoms with Gasteiger partial charge in [0.2, 0.25) is 0 Å². The van der Waals surface area contributed by atoms with Crippen molar-refractivity contribution in [3.63, 3.8) is 0 Å². The molecule has 4 rings (SSSR count). The van der Waals surface area contributed by atoms with E-state index < -0.39 is 32.9 Å². The Balaban J connectivity index is 1.68. The first-order chi connectivity index (χ1) is 19.2. The van der Waals surface area contributed by atoms with Crippen LogP contribution < -0.4 is 4.18 Å². The Morgan fingerprint density at radius 3 is 2.12 bits per heavy atom. The van der Waals surface area contributed by atoms with Crippen LogP contribution in [-0.2, 0) is 21.3 Å². The lowest BCUT2D eigenvalue weighted by molar-refractivity contribution is -0.0500. The Bertz CT molecular complexity index is 1610. The van der Waals surface area contributed by atoms with Crippen molar-refractivity contribution < 1.29 is 35.3 Å². The fraction of sp³-hybridized carbons (Fsp3) is 0.226. The zero-order chi connectivity index (χ0) is 29.8. The Hall–Kier alpha value is -4.18. The third kappa shape index (κ3) is 7.73. The third-order valence-corrected chi connectivity index (χ3v) is 6.99. The van der Waals surface area contributed by atoms with Crippen LogP contribution in [0.1, 0.15) is 53.9 Å². The van der Waals surface area contributed by atoms with Crippen LogP contribution in [0, 0.1) is 0 Å². The van der Waals surface area contributed by atoms with E-state index in [-0.39, 0.29) is 5.92 Å². The van der Waals surface area contributed by atoms with Gasteiger partial charge in [0.15, 0.2) is 5.75 Å². The monoisotopic (exact) mass is 583 g/mol. The van der Waals surface area contributed by atoms with Crippen molar-refractivity contribution >= 4 is 16.1 Å². The summed E-state index contributed by atoms with van der Waals surface area (Å²) in [4.78, 5) is 16.9. The number of rotatable bonds is 8. The van der Waals surface area contributed by atoms with Gasteiger partial charge >= 0.3 is 21.6 Å². The highest BCUT2D eigenvalue weighted by atomic mass is 32.2. The van der Waals surface area contributed by atoms with Gasteiger partial charge in [0.05, 0.1) is 11.8 Å². The number of hydrogen-bond donors (Lipinski definition) is 0. The molecule has 0 fully saturated rings. The van der Waals surface area contributed by atoms with Gasteiger partial charge in [-0.25, -0.2) is 4.79 Å². The van der Waals surface area contributed by atoms with Crippen molar-refractivity contribution in [1.29, 1.82) is 0 Å². The van der Waals surface area contributed by atoms with Crippen LogP contribution in [0.4, 0.5) is 13.2 Å². The van der Waals surface area contributed by atoms with Crippen LogP contribution in [0.2, 0.25) is 0 Å². The van der Waals surface area contributed by atoms with Gasteiger partial charge in [-0.3, -0.25) is 4.98 Å². The van der Waals surface area contributed by atoms with E-state index in [1.54, 1.807) is 39.0 Å². The largest absolute Gasteiger partial charge is 0.534 e. The summed E-state index contributed by atoms with van der Waals surface area (Å²) in [6, 6.07) is 26.9. The van der Waals surface area contributed by atoms with Crippen LogP contribution >= 0.6 is 0 Å². The smallest absolute Gasteiger partial charge is 0.456 e. The molecular formula is C31H28F3NO5S. The fourth-order valence-corrected chi connectivity index (χ4v) is 4.61. The molecule has 0 saturated carbocycles. The summed E-state index contributed by atoms with van der Waals surface area (Å²) in [5.74, 6) is -1.31. The highest BCUT2D eigenvalue weighted by Crippen LogP contribution is 2.33. The van der Waals surface area contributed by atoms with Gasteiger partial charge in [-0.2, -0.15) is 21.6 Å². The summed E-state index contributed by atoms with van der Waals surface area (Å²) in [5.41, 5.74) is -1.79. The topological polar surface area (TPSA) is 82.6 Å². The molecule has 0 amide bonds. The minimum absolute atomic E-state index is 0.334. The average molecular weight is 584 g/mol. The summed E-state index contributed by atoms with van der Waals surface area (Å²) in [6.45, 7) is 5.40. The number of carbonyl (C=O) groups excluding carboxylic acids is 1. The number of carbonyl (C=O) groups is 1. The predicted molar refractivity (Wildman–Crippen MR) is 149 cm³/mol. The van der Waals surface area contributed by atoms with E-state index in [0.717, 1.165) is 34.5 Å². The molecule has 1 aromatic heterocycles. The molecule has 0 N–H and O–H groups in total. The molecule has 41 heavy (non-hydrogen) atoms. The summed E-state index contributed by atoms with van der Waals surface area (Å²) in [5, 5.41) is 0. The van der Waals surface area contributed by atoms with Crippen molar-refractivity contribution in [2.24, 2.45) is 0 Å². The van der Waals surface area contributed by atoms with Crippen molar-refractivity contribution in [3.8, 4) is 16.9 Å². The van der Waals surface area contributed by atoms with Crippen molar-refractivity contribution in [3.05, 3.63) is 120 Å². The zero-order valence-electron chi connectivity index (χ0n) is 22.6. The van der Waals surface area contributed by atoms with Gasteiger partial charge in [0.1, 0.15) is 5.60 Å². The highest BCUT2D eigenvalue weighted by molar-refractivity contribution is 7.88. The molecule has 0 spiro atoms. The Morgan fingerprint density at radius 2 is 1.51 bits per heavy atom. The molecule has 0 saturated heterocycles. The minimum Gasteiger partial charge on any atom is -0.456 e. The number of hydrogen-bond acceptors (Lipinski definition) is 6. The molecule has 0 aliphatic rings. The standard InChI is InChI=1S/C31H28F3NO5S/c1-30(2,3)39-29(36)25-14-8-12-23(19-25)22-11-7-13-24(18-22)27(17-21-9-5-4-6-10-21)28-16-15-26(20-35-28)40-41(37,38)31(32,33)34/h4-16,18-20,27H,17H2,1-3H3. The molecule has 0 aliphatic heterocycles. The zero-order valence-corrected chi connectivity index (χ0v) is 23.4. The van der Waals surface area contributed by atoms with Crippen LogP contribution in [-0.4, -0.2) is 30.5 Å². The van der Waals surface area contributed by atoms with Gasteiger partial charge in [-0.1, -0.05) is 66.7 Å². The molecule has 0 bridgehead atoms. The number of pyridine rings is 1. The second kappa shape index (κ2) is 11.7. The molecule has 3 aromatic carbocycles. The van der Waals surface area contributed by atoms with E-state index in [4.69, 9.17) is 4.74 Å². The molecule has 4 aromatic rings. The van der Waals surface area contributed by atoms with E-state index >= 15 is 0 Å². The molecule has 1 heterocycles. The first kappa shape index (κ1) is 29.8. The second-order valence-corrected chi connectivity index (χ2v) is 11.9. The Kier molecular flexibility index (Phi) is 8.53. The first-order valence-corrected chi connectivity index (χ1v) is 14.1. The lowest BCUT2D eigenvalue weighted by atomic mass is 9.87. The van der Waals surface area contributed by atoms with E-state index in [1.165, 1.54) is 6.07 Å². The maximum Gasteiger partial charge on any atom is 0.534 e. The summed E-state index contributed by atoms with van der Waals surface area (Å²) >= 11 is 0. The number of nitrogens with zero attached hydrogens (tertiary/aromatic N) is 1. The van der Waals surface area contributed by atoms with Crippen molar-refractivity contribution in [1.82, 2.24) is 4.98 Å². The molecular weight excluding hydrogens is 555 g/mol. The van der Waals surface area contributed by atoms with E-state index in [1.807, 2.05) is 60.7 Å². The Morgan fingerprint density at radius 1 is 0.854 bits per heavy atom. The number of halogens is 3. The van der Waals surface area contributed by atoms with Crippen molar-refractivity contribution in [2.75, 3.05) is 0 Å². The van der Waals surface area contributed by atoms with Crippen LogP contribution in [0.5, 0.6) is 5.75 Å². The van der Waals surface area contributed by atoms with Crippen LogP contribution in [0.25, 0.3) is 11.1 Å². The normalized spacial score (nSPS) is 12.9. The molecule has 0 aliphatic carbocycles. The van der Waals surface area contributed by atoms with E-state index in [9.17, 15) is 26.4 Å². The molecule has 214 valence electrons. The quantitative estimate of drug-likeness (QED) is 0.123. The number of aromatic nitrogens is 1. The summed E-state index contributed by atoms with van der Waals surface area (Å²) < 4.78 is 70.8. The van der Waals surface area contributed by atoms with Gasteiger partial charge in [0.25, 0.3) is 0 Å². The molecule has 6 nitrogen and oxygen atoms in total. The van der Waals surface area contributed by atoms with Crippen LogP contribution in [0.15, 0.2) is 97.2 Å². The SMILES string of the molecule is CC(C)(C)OC(=O)c1cccc(-c2cccc(C(Cc3ccccc3)c3ccc(OS(=O)(=O)C(F)(F)F)cn3)c2)c1. The molecule has 1 unspecified atom stereocenters. The fourth-order valence-electron chi connectivity index (χ4n) is 4.16. The summed E-state index contributed by atoms with van der Waals surface area (Å²) in [7, 11) is -5.81. The van der Waals surface area contributed by atoms with Gasteiger partial charge in [-0.05, 0) is 73.7 Å². The highest BCUT2D eigenvalue weighted by Gasteiger charge is 2.48. The van der Waals surface area contributed by atoms with Gasteiger partial charge in [-0.15, -0.1) is 0 Å². The third-order valence-electron chi connectivity index (χ3n) is 6.01. The van der Waals surface area contributed by atoms with E-state index in [2.05, 4.69) is 9.17 Å². The minimum atomic E-state index is -5.81. The molecule has 0 radical (unpaired) electrons. The van der Waals surface area contributed by atoms with E-state index in [0.29, 0.717) is 17.7 Å². The summed E-state index contributed by atoms with van der Waals surface area (Å²) in [6.07, 6.45) is 1.47. The number of alkyl halides is 3. The van der Waals surface area contributed by atoms with Gasteiger partial charge < -0.3 is 8.92 Å². The molecule has 1 atom stereocenters. The molecule has 10 heteroatoms. The second-order valence-electron chi connectivity index (χ2n) is 10.4. The van der Waals surface area contributed by atoms with Crippen LogP contribution in [0.3, 0.4) is 0 Å². The first-order valence-electron chi connectivity index (χ1n) is 12.7. The Labute approximate surface area is 236 Å². The maximum absolute atomic E-state index is 12.8.